The molecule has 0 spiro atoms. The fourth-order valence-electron chi connectivity index (χ4n) is 1.54. The van der Waals surface area contributed by atoms with Crippen LogP contribution in [0.5, 0.6) is 0 Å². The molecule has 0 aliphatic carbocycles. The summed E-state index contributed by atoms with van der Waals surface area (Å²) in [5.74, 6) is 0.666. The highest BCUT2D eigenvalue weighted by Gasteiger charge is 2.08. The van der Waals surface area contributed by atoms with E-state index in [0.717, 1.165) is 0 Å². The van der Waals surface area contributed by atoms with Crippen LogP contribution in [0.3, 0.4) is 0 Å². The Labute approximate surface area is 126 Å². The average molecular weight is 300 g/mol. The minimum atomic E-state index is 0.0605. The van der Waals surface area contributed by atoms with Crippen LogP contribution in [0.4, 0.5) is 17.6 Å². The second kappa shape index (κ2) is 6.04. The molecule has 0 fully saturated rings. The lowest BCUT2D eigenvalue weighted by atomic mass is 10.1. The summed E-state index contributed by atoms with van der Waals surface area (Å²) in [5, 5.41) is 20.9. The Balaban J connectivity index is 2.35. The third kappa shape index (κ3) is 3.35. The van der Waals surface area contributed by atoms with Gasteiger partial charge in [0.25, 0.3) is 0 Å². The zero-order valence-electron chi connectivity index (χ0n) is 11.3. The van der Waals surface area contributed by atoms with E-state index in [1.807, 2.05) is 12.1 Å². The first-order valence-corrected chi connectivity index (χ1v) is 6.21. The zero-order valence-corrected chi connectivity index (χ0v) is 12.0. The van der Waals surface area contributed by atoms with Gasteiger partial charge in [-0.15, -0.1) is 0 Å². The molecule has 2 rings (SSSR count). The monoisotopic (exact) mass is 299 g/mol. The van der Waals surface area contributed by atoms with Gasteiger partial charge in [0.15, 0.2) is 0 Å². The molecule has 0 aliphatic rings. The second-order valence-electron chi connectivity index (χ2n) is 4.23. The summed E-state index contributed by atoms with van der Waals surface area (Å²) in [4.78, 5) is 13.8. The number of halogens is 1. The van der Waals surface area contributed by atoms with Crippen LogP contribution in [-0.4, -0.2) is 29.0 Å². The molecule has 0 unspecified atom stereocenters. The van der Waals surface area contributed by atoms with Gasteiger partial charge < -0.3 is 10.2 Å². The first-order valence-electron chi connectivity index (χ1n) is 5.83. The van der Waals surface area contributed by atoms with Crippen LogP contribution in [0.2, 0.25) is 5.28 Å². The van der Waals surface area contributed by atoms with Crippen molar-refractivity contribution in [1.29, 1.82) is 10.5 Å². The van der Waals surface area contributed by atoms with Gasteiger partial charge in [-0.3, -0.25) is 0 Å². The molecule has 7 nitrogen and oxygen atoms in total. The molecule has 1 aromatic heterocycles. The molecule has 0 radical (unpaired) electrons. The molecule has 2 aromatic rings. The summed E-state index contributed by atoms with van der Waals surface area (Å²) < 4.78 is 0. The van der Waals surface area contributed by atoms with E-state index in [0.29, 0.717) is 17.2 Å². The van der Waals surface area contributed by atoms with Gasteiger partial charge in [0.05, 0.1) is 11.1 Å². The summed E-state index contributed by atoms with van der Waals surface area (Å²) in [5.41, 5.74) is 1.17. The molecule has 0 atom stereocenters. The summed E-state index contributed by atoms with van der Waals surface area (Å²) in [6, 6.07) is 8.67. The van der Waals surface area contributed by atoms with E-state index in [1.54, 1.807) is 37.2 Å². The Morgan fingerprint density at radius 1 is 1.10 bits per heavy atom. The quantitative estimate of drug-likeness (QED) is 0.925. The van der Waals surface area contributed by atoms with Gasteiger partial charge in [-0.2, -0.15) is 25.5 Å². The fourth-order valence-corrected chi connectivity index (χ4v) is 1.69. The van der Waals surface area contributed by atoms with E-state index in [9.17, 15) is 0 Å². The summed E-state index contributed by atoms with van der Waals surface area (Å²) >= 11 is 5.84. The predicted molar refractivity (Wildman–Crippen MR) is 78.3 cm³/mol. The normalized spacial score (nSPS) is 9.57. The number of nitrogens with one attached hydrogen (secondary N) is 1. The van der Waals surface area contributed by atoms with E-state index < -0.39 is 0 Å². The second-order valence-corrected chi connectivity index (χ2v) is 4.57. The van der Waals surface area contributed by atoms with Crippen LogP contribution >= 0.6 is 11.6 Å². The van der Waals surface area contributed by atoms with E-state index in [4.69, 9.17) is 22.1 Å². The van der Waals surface area contributed by atoms with Crippen molar-refractivity contribution in [3.8, 4) is 12.1 Å². The highest BCUT2D eigenvalue weighted by Crippen LogP contribution is 2.19. The van der Waals surface area contributed by atoms with E-state index >= 15 is 0 Å². The van der Waals surface area contributed by atoms with Crippen LogP contribution in [0, 0.1) is 22.7 Å². The Bertz CT molecular complexity index is 758. The minimum absolute atomic E-state index is 0.0605. The van der Waals surface area contributed by atoms with Crippen molar-refractivity contribution < 1.29 is 0 Å². The largest absolute Gasteiger partial charge is 0.347 e. The molecule has 0 aliphatic heterocycles. The lowest BCUT2D eigenvalue weighted by Crippen LogP contribution is -2.14. The number of anilines is 3. The number of aromatic nitrogens is 3. The van der Waals surface area contributed by atoms with Crippen molar-refractivity contribution in [2.45, 2.75) is 0 Å². The molecule has 0 saturated heterocycles. The Morgan fingerprint density at radius 3 is 2.43 bits per heavy atom. The Kier molecular flexibility index (Phi) is 4.17. The van der Waals surface area contributed by atoms with Crippen LogP contribution in [0.1, 0.15) is 11.1 Å². The highest BCUT2D eigenvalue weighted by atomic mass is 35.5. The Hall–Kier alpha value is -2.90. The van der Waals surface area contributed by atoms with Crippen molar-refractivity contribution in [2.24, 2.45) is 0 Å². The third-order valence-corrected chi connectivity index (χ3v) is 2.68. The van der Waals surface area contributed by atoms with Crippen LogP contribution in [0.15, 0.2) is 18.2 Å². The van der Waals surface area contributed by atoms with Gasteiger partial charge in [0.1, 0.15) is 12.1 Å². The molecule has 1 aromatic carbocycles. The smallest absolute Gasteiger partial charge is 0.233 e. The first-order chi connectivity index (χ1) is 10.0. The van der Waals surface area contributed by atoms with Crippen molar-refractivity contribution in [3.63, 3.8) is 0 Å². The van der Waals surface area contributed by atoms with Crippen LogP contribution < -0.4 is 10.2 Å². The van der Waals surface area contributed by atoms with Crippen LogP contribution in [0.25, 0.3) is 0 Å². The molecular weight excluding hydrogens is 290 g/mol. The summed E-state index contributed by atoms with van der Waals surface area (Å²) in [6.07, 6.45) is 0. The van der Waals surface area contributed by atoms with Crippen molar-refractivity contribution in [3.05, 3.63) is 34.6 Å². The fraction of sp³-hybridized carbons (Fsp3) is 0.154. The van der Waals surface area contributed by atoms with Crippen molar-refractivity contribution in [1.82, 2.24) is 15.0 Å². The zero-order chi connectivity index (χ0) is 15.4. The summed E-state index contributed by atoms with van der Waals surface area (Å²) in [6.45, 7) is 0. The standard InChI is InChI=1S/C13H10ClN7/c1-21(2)13-19-11(14)18-12(20-13)17-10-4-3-8(6-15)9(5-10)7-16/h3-5H,1-2H3,(H,17,18,19,20). The van der Waals surface area contributed by atoms with E-state index in [1.165, 1.54) is 0 Å². The molecule has 0 bridgehead atoms. The number of benzene rings is 1. The van der Waals surface area contributed by atoms with E-state index in [2.05, 4.69) is 20.3 Å². The maximum absolute atomic E-state index is 9.00. The van der Waals surface area contributed by atoms with E-state index in [-0.39, 0.29) is 16.8 Å². The number of nitriles is 2. The Morgan fingerprint density at radius 2 is 1.81 bits per heavy atom. The van der Waals surface area contributed by atoms with Gasteiger partial charge in [-0.1, -0.05) is 0 Å². The van der Waals surface area contributed by atoms with Gasteiger partial charge in [0.2, 0.25) is 17.2 Å². The molecule has 0 saturated carbocycles. The number of hydrogen-bond donors (Lipinski definition) is 1. The lowest BCUT2D eigenvalue weighted by molar-refractivity contribution is 0.961. The lowest BCUT2D eigenvalue weighted by Gasteiger charge is -2.12. The van der Waals surface area contributed by atoms with Gasteiger partial charge >= 0.3 is 0 Å². The SMILES string of the molecule is CN(C)c1nc(Cl)nc(Nc2ccc(C#N)c(C#N)c2)n1. The van der Waals surface area contributed by atoms with Crippen molar-refractivity contribution >= 4 is 29.2 Å². The summed E-state index contributed by atoms with van der Waals surface area (Å²) in [7, 11) is 3.57. The molecule has 1 N–H and O–H groups in total. The number of hydrogen-bond acceptors (Lipinski definition) is 7. The molecule has 104 valence electrons. The van der Waals surface area contributed by atoms with Gasteiger partial charge in [-0.25, -0.2) is 0 Å². The molecule has 8 heteroatoms. The van der Waals surface area contributed by atoms with Crippen molar-refractivity contribution in [2.75, 3.05) is 24.3 Å². The van der Waals surface area contributed by atoms with Gasteiger partial charge in [0, 0.05) is 19.8 Å². The predicted octanol–water partition coefficient (Wildman–Crippen LogP) is 2.08. The molecular formula is C13H10ClN7. The van der Waals surface area contributed by atoms with Crippen LogP contribution in [-0.2, 0) is 0 Å². The first kappa shape index (κ1) is 14.5. The highest BCUT2D eigenvalue weighted by molar-refractivity contribution is 6.28. The average Bonchev–Trinajstić information content (AvgIpc) is 2.46. The molecule has 21 heavy (non-hydrogen) atoms. The molecule has 1 heterocycles. The number of nitrogens with zero attached hydrogens (tertiary/aromatic N) is 6. The van der Waals surface area contributed by atoms with Gasteiger partial charge in [-0.05, 0) is 29.8 Å². The minimum Gasteiger partial charge on any atom is -0.347 e. The number of rotatable bonds is 3. The topological polar surface area (TPSA) is 102 Å². The maximum atomic E-state index is 9.00. The third-order valence-electron chi connectivity index (χ3n) is 2.51. The molecule has 0 amide bonds. The maximum Gasteiger partial charge on any atom is 0.233 e.